The molecule has 3 fully saturated rings. The van der Waals surface area contributed by atoms with Crippen LogP contribution in [0.3, 0.4) is 0 Å². The number of nitrogens with one attached hydrogen (secondary N) is 1. The summed E-state index contributed by atoms with van der Waals surface area (Å²) in [6, 6.07) is 8.95. The van der Waals surface area contributed by atoms with Gasteiger partial charge in [0, 0.05) is 12.6 Å². The van der Waals surface area contributed by atoms with Crippen LogP contribution in [-0.2, 0) is 0 Å². The van der Waals surface area contributed by atoms with Gasteiger partial charge in [0.25, 0.3) is 0 Å². The van der Waals surface area contributed by atoms with Crippen LogP contribution in [-0.4, -0.2) is 37.2 Å². The van der Waals surface area contributed by atoms with E-state index in [1.807, 2.05) is 0 Å². The summed E-state index contributed by atoms with van der Waals surface area (Å²) in [4.78, 5) is 2.58. The van der Waals surface area contributed by atoms with E-state index in [2.05, 4.69) is 48.3 Å². The number of fused-ring (bicyclic) bond motifs is 3. The summed E-state index contributed by atoms with van der Waals surface area (Å²) < 4.78 is 5.94. The summed E-state index contributed by atoms with van der Waals surface area (Å²) in [6.07, 6.45) is 2.68. The third-order valence-corrected chi connectivity index (χ3v) is 4.46. The second-order valence-electron chi connectivity index (χ2n) is 6.59. The number of hydrogen-bond acceptors (Lipinski definition) is 3. The zero-order valence-electron chi connectivity index (χ0n) is 12.6. The van der Waals surface area contributed by atoms with Gasteiger partial charge in [-0.15, -0.1) is 0 Å². The molecule has 0 radical (unpaired) electrons. The highest BCUT2D eigenvalue weighted by molar-refractivity contribution is 5.57. The van der Waals surface area contributed by atoms with Crippen molar-refractivity contribution >= 4 is 5.69 Å². The summed E-state index contributed by atoms with van der Waals surface area (Å²) in [5, 5.41) is 3.74. The molecule has 3 saturated heterocycles. The van der Waals surface area contributed by atoms with Crippen molar-refractivity contribution in [3.05, 3.63) is 24.3 Å². The quantitative estimate of drug-likeness (QED) is 0.892. The molecule has 3 heteroatoms. The molecule has 3 nitrogen and oxygen atoms in total. The number of hydrogen-bond donors (Lipinski definition) is 1. The summed E-state index contributed by atoms with van der Waals surface area (Å²) in [5.74, 6) is 2.38. The minimum atomic E-state index is 0.555. The van der Waals surface area contributed by atoms with Gasteiger partial charge in [0.15, 0.2) is 0 Å². The van der Waals surface area contributed by atoms with Crippen molar-refractivity contribution in [3.63, 3.8) is 0 Å². The highest BCUT2D eigenvalue weighted by Crippen LogP contribution is 2.32. The van der Waals surface area contributed by atoms with Crippen molar-refractivity contribution in [2.75, 3.05) is 31.6 Å². The molecule has 1 N–H and O–H groups in total. The van der Waals surface area contributed by atoms with Gasteiger partial charge in [0.05, 0.1) is 12.3 Å². The van der Waals surface area contributed by atoms with Gasteiger partial charge in [-0.25, -0.2) is 0 Å². The molecule has 0 aromatic heterocycles. The van der Waals surface area contributed by atoms with Gasteiger partial charge in [-0.05, 0) is 49.9 Å². The van der Waals surface area contributed by atoms with E-state index in [-0.39, 0.29) is 0 Å². The van der Waals surface area contributed by atoms with Gasteiger partial charge >= 0.3 is 0 Å². The van der Waals surface area contributed by atoms with Crippen molar-refractivity contribution in [1.29, 1.82) is 0 Å². The Labute approximate surface area is 122 Å². The third-order valence-electron chi connectivity index (χ3n) is 4.46. The van der Waals surface area contributed by atoms with Crippen LogP contribution in [0, 0.1) is 11.8 Å². The smallest absolute Gasteiger partial charge is 0.142 e. The number of ether oxygens (including phenoxy) is 1. The number of rotatable bonds is 5. The maximum atomic E-state index is 5.94. The van der Waals surface area contributed by atoms with Gasteiger partial charge in [-0.1, -0.05) is 26.0 Å². The predicted octanol–water partition coefficient (Wildman–Crippen LogP) is 3.23. The molecule has 3 aliphatic heterocycles. The minimum Gasteiger partial charge on any atom is -0.491 e. The monoisotopic (exact) mass is 274 g/mol. The van der Waals surface area contributed by atoms with Crippen molar-refractivity contribution in [2.45, 2.75) is 32.7 Å². The lowest BCUT2D eigenvalue weighted by Crippen LogP contribution is -2.53. The predicted molar refractivity (Wildman–Crippen MR) is 83.3 cm³/mol. The van der Waals surface area contributed by atoms with Crippen LogP contribution in [0.25, 0.3) is 0 Å². The van der Waals surface area contributed by atoms with E-state index in [0.29, 0.717) is 12.0 Å². The zero-order valence-corrected chi connectivity index (χ0v) is 12.6. The van der Waals surface area contributed by atoms with Crippen molar-refractivity contribution in [2.24, 2.45) is 11.8 Å². The Morgan fingerprint density at radius 2 is 2.00 bits per heavy atom. The van der Waals surface area contributed by atoms with Crippen LogP contribution in [0.4, 0.5) is 5.69 Å². The molecule has 20 heavy (non-hydrogen) atoms. The molecule has 1 aromatic rings. The van der Waals surface area contributed by atoms with Gasteiger partial charge in [-0.2, -0.15) is 0 Å². The SMILES string of the molecule is CC(C)COc1ccccc1NC1CN2CCC1CC2. The summed E-state index contributed by atoms with van der Waals surface area (Å²) >= 11 is 0. The number of benzene rings is 1. The number of piperidine rings is 3. The summed E-state index contributed by atoms with van der Waals surface area (Å²) in [5.41, 5.74) is 1.16. The first-order chi connectivity index (χ1) is 9.72. The lowest BCUT2D eigenvalue weighted by Gasteiger charge is -2.45. The van der Waals surface area contributed by atoms with Crippen LogP contribution in [0.15, 0.2) is 24.3 Å². The molecular formula is C17H26N2O. The molecule has 0 spiro atoms. The van der Waals surface area contributed by atoms with Crippen LogP contribution >= 0.6 is 0 Å². The van der Waals surface area contributed by atoms with E-state index >= 15 is 0 Å². The molecule has 3 aliphatic rings. The van der Waals surface area contributed by atoms with E-state index in [4.69, 9.17) is 4.74 Å². The van der Waals surface area contributed by atoms with Crippen LogP contribution in [0.5, 0.6) is 5.75 Å². The first-order valence-corrected chi connectivity index (χ1v) is 7.93. The standard InChI is InChI=1S/C17H26N2O/c1-13(2)12-20-17-6-4-3-5-15(17)18-16-11-19-9-7-14(16)8-10-19/h3-6,13-14,16,18H,7-12H2,1-2H3. The average Bonchev–Trinajstić information content (AvgIpc) is 2.47. The maximum absolute atomic E-state index is 5.94. The van der Waals surface area contributed by atoms with E-state index in [1.54, 1.807) is 0 Å². The van der Waals surface area contributed by atoms with Gasteiger partial charge < -0.3 is 15.0 Å². The van der Waals surface area contributed by atoms with E-state index in [1.165, 1.54) is 32.5 Å². The molecule has 1 aromatic carbocycles. The van der Waals surface area contributed by atoms with E-state index in [9.17, 15) is 0 Å². The minimum absolute atomic E-state index is 0.555. The highest BCUT2D eigenvalue weighted by atomic mass is 16.5. The molecule has 1 atom stereocenters. The van der Waals surface area contributed by atoms with Gasteiger partial charge in [0.2, 0.25) is 0 Å². The largest absolute Gasteiger partial charge is 0.491 e. The second-order valence-corrected chi connectivity index (χ2v) is 6.59. The Hall–Kier alpha value is -1.22. The topological polar surface area (TPSA) is 24.5 Å². The Morgan fingerprint density at radius 3 is 2.65 bits per heavy atom. The summed E-state index contributed by atoms with van der Waals surface area (Å²) in [6.45, 7) is 8.90. The lowest BCUT2D eigenvalue weighted by atomic mass is 9.84. The molecule has 110 valence electrons. The summed E-state index contributed by atoms with van der Waals surface area (Å²) in [7, 11) is 0. The van der Waals surface area contributed by atoms with Crippen LogP contribution in [0.1, 0.15) is 26.7 Å². The number of nitrogens with zero attached hydrogens (tertiary/aromatic N) is 1. The Balaban J connectivity index is 1.67. The fourth-order valence-electron chi connectivity index (χ4n) is 3.30. The second kappa shape index (κ2) is 6.04. The Bertz CT molecular complexity index is 438. The van der Waals surface area contributed by atoms with Crippen molar-refractivity contribution in [1.82, 2.24) is 4.90 Å². The molecule has 3 heterocycles. The first kappa shape index (κ1) is 13.7. The highest BCUT2D eigenvalue weighted by Gasteiger charge is 2.34. The van der Waals surface area contributed by atoms with E-state index in [0.717, 1.165) is 24.0 Å². The molecule has 1 unspecified atom stereocenters. The number of para-hydroxylation sites is 2. The molecular weight excluding hydrogens is 248 g/mol. The fraction of sp³-hybridized carbons (Fsp3) is 0.647. The van der Waals surface area contributed by atoms with Gasteiger partial charge in [0.1, 0.15) is 5.75 Å². The van der Waals surface area contributed by atoms with Crippen molar-refractivity contribution < 1.29 is 4.74 Å². The average molecular weight is 274 g/mol. The Morgan fingerprint density at radius 1 is 1.25 bits per heavy atom. The van der Waals surface area contributed by atoms with Crippen LogP contribution in [0.2, 0.25) is 0 Å². The molecule has 0 saturated carbocycles. The molecule has 4 rings (SSSR count). The molecule has 0 amide bonds. The van der Waals surface area contributed by atoms with Gasteiger partial charge in [-0.3, -0.25) is 0 Å². The number of anilines is 1. The Kier molecular flexibility index (Phi) is 4.16. The molecule has 0 aliphatic carbocycles. The fourth-order valence-corrected chi connectivity index (χ4v) is 3.30. The van der Waals surface area contributed by atoms with Crippen LogP contribution < -0.4 is 10.1 Å². The van der Waals surface area contributed by atoms with E-state index < -0.39 is 0 Å². The maximum Gasteiger partial charge on any atom is 0.142 e. The normalized spacial score (nSPS) is 28.6. The first-order valence-electron chi connectivity index (χ1n) is 7.93. The zero-order chi connectivity index (χ0) is 13.9. The van der Waals surface area contributed by atoms with Crippen molar-refractivity contribution in [3.8, 4) is 5.75 Å². The molecule has 2 bridgehead atoms. The lowest BCUT2D eigenvalue weighted by molar-refractivity contribution is 0.0973. The third kappa shape index (κ3) is 3.09.